The molecule has 0 radical (unpaired) electrons. The van der Waals surface area contributed by atoms with E-state index in [9.17, 15) is 4.79 Å². The fourth-order valence-electron chi connectivity index (χ4n) is 2.15. The van der Waals surface area contributed by atoms with E-state index in [2.05, 4.69) is 17.6 Å². The van der Waals surface area contributed by atoms with Crippen molar-refractivity contribution in [3.63, 3.8) is 0 Å². The Morgan fingerprint density at radius 1 is 1.26 bits per heavy atom. The van der Waals surface area contributed by atoms with Crippen LogP contribution in [0.5, 0.6) is 0 Å². The summed E-state index contributed by atoms with van der Waals surface area (Å²) in [5.74, 6) is 0.835. The van der Waals surface area contributed by atoms with Crippen LogP contribution in [0, 0.1) is 5.92 Å². The van der Waals surface area contributed by atoms with E-state index in [1.54, 1.807) is 0 Å². The van der Waals surface area contributed by atoms with Crippen molar-refractivity contribution in [3.8, 4) is 0 Å². The Bertz CT molecular complexity index is 304. The van der Waals surface area contributed by atoms with E-state index in [0.29, 0.717) is 6.04 Å². The minimum absolute atomic E-state index is 0.301. The van der Waals surface area contributed by atoms with Gasteiger partial charge in [-0.1, -0.05) is 6.92 Å². The average molecular weight is 270 g/mol. The van der Waals surface area contributed by atoms with Gasteiger partial charge in [0, 0.05) is 12.6 Å². The number of nitrogens with one attached hydrogen (secondary N) is 2. The van der Waals surface area contributed by atoms with Crippen LogP contribution < -0.4 is 10.6 Å². The van der Waals surface area contributed by atoms with Gasteiger partial charge in [-0.2, -0.15) is 0 Å². The molecule has 0 aliphatic heterocycles. The molecule has 0 spiro atoms. The van der Waals surface area contributed by atoms with Crippen molar-refractivity contribution in [2.45, 2.75) is 78.0 Å². The molecule has 1 atom stereocenters. The minimum Gasteiger partial charge on any atom is -0.444 e. The molecule has 4 heteroatoms. The molecule has 1 amide bonds. The van der Waals surface area contributed by atoms with Crippen LogP contribution >= 0.6 is 0 Å². The molecule has 0 bridgehead atoms. The second-order valence-corrected chi connectivity index (χ2v) is 7.24. The van der Waals surface area contributed by atoms with Crippen molar-refractivity contribution in [1.82, 2.24) is 10.6 Å². The van der Waals surface area contributed by atoms with Crippen LogP contribution in [0.25, 0.3) is 0 Å². The molecule has 0 heterocycles. The molecule has 1 saturated carbocycles. The van der Waals surface area contributed by atoms with Gasteiger partial charge in [-0.25, -0.2) is 4.79 Å². The summed E-state index contributed by atoms with van der Waals surface area (Å²) in [4.78, 5) is 11.8. The number of carbonyl (C=O) groups excluding carboxylic acids is 1. The van der Waals surface area contributed by atoms with E-state index >= 15 is 0 Å². The molecule has 0 aromatic carbocycles. The van der Waals surface area contributed by atoms with E-state index in [1.165, 1.54) is 12.8 Å². The van der Waals surface area contributed by atoms with Crippen molar-refractivity contribution in [1.29, 1.82) is 0 Å². The van der Waals surface area contributed by atoms with Crippen LogP contribution in [-0.2, 0) is 4.74 Å². The predicted molar refractivity (Wildman–Crippen MR) is 78.3 cm³/mol. The lowest BCUT2D eigenvalue weighted by molar-refractivity contribution is 0.0470. The highest BCUT2D eigenvalue weighted by Crippen LogP contribution is 2.33. The van der Waals surface area contributed by atoms with E-state index in [0.717, 1.165) is 18.9 Å². The Balaban J connectivity index is 2.35. The quantitative estimate of drug-likeness (QED) is 0.780. The highest BCUT2D eigenvalue weighted by Gasteiger charge is 2.31. The minimum atomic E-state index is -0.451. The molecule has 4 nitrogen and oxygen atoms in total. The molecule has 0 aromatic heterocycles. The summed E-state index contributed by atoms with van der Waals surface area (Å²) < 4.78 is 5.29. The standard InChI is InChI=1S/C15H30N2O2/c1-7-12(11-8-9-11)16-10-15(5,6)17-13(18)19-14(2,3)4/h11-12,16H,7-10H2,1-6H3,(H,17,18). The second kappa shape index (κ2) is 6.12. The van der Waals surface area contributed by atoms with Crippen LogP contribution in [-0.4, -0.2) is 29.8 Å². The zero-order valence-electron chi connectivity index (χ0n) is 13.3. The van der Waals surface area contributed by atoms with Gasteiger partial charge in [-0.3, -0.25) is 0 Å². The molecule has 1 aliphatic carbocycles. The van der Waals surface area contributed by atoms with Crippen molar-refractivity contribution >= 4 is 6.09 Å². The second-order valence-electron chi connectivity index (χ2n) is 7.24. The summed E-state index contributed by atoms with van der Waals surface area (Å²) in [6.07, 6.45) is 3.48. The van der Waals surface area contributed by atoms with Crippen LogP contribution in [0.15, 0.2) is 0 Å². The molecule has 19 heavy (non-hydrogen) atoms. The Kier molecular flexibility index (Phi) is 5.25. The SMILES string of the molecule is CCC(NCC(C)(C)NC(=O)OC(C)(C)C)C1CC1. The van der Waals surface area contributed by atoms with Gasteiger partial charge < -0.3 is 15.4 Å². The molecule has 112 valence electrons. The number of amides is 1. The highest BCUT2D eigenvalue weighted by molar-refractivity contribution is 5.68. The van der Waals surface area contributed by atoms with E-state index in [1.807, 2.05) is 34.6 Å². The first kappa shape index (κ1) is 16.3. The summed E-state index contributed by atoms with van der Waals surface area (Å²) in [5.41, 5.74) is -0.752. The molecule has 1 unspecified atom stereocenters. The molecule has 1 rings (SSSR count). The van der Waals surface area contributed by atoms with E-state index < -0.39 is 5.60 Å². The van der Waals surface area contributed by atoms with E-state index in [4.69, 9.17) is 4.74 Å². The highest BCUT2D eigenvalue weighted by atomic mass is 16.6. The number of carbonyl (C=O) groups is 1. The Labute approximate surface area is 117 Å². The maximum atomic E-state index is 11.8. The Hall–Kier alpha value is -0.770. The van der Waals surface area contributed by atoms with Crippen LogP contribution in [0.4, 0.5) is 4.79 Å². The van der Waals surface area contributed by atoms with Gasteiger partial charge in [0.25, 0.3) is 0 Å². The van der Waals surface area contributed by atoms with Crippen molar-refractivity contribution in [3.05, 3.63) is 0 Å². The Morgan fingerprint density at radius 3 is 2.26 bits per heavy atom. The normalized spacial score (nSPS) is 18.0. The van der Waals surface area contributed by atoms with Crippen molar-refractivity contribution in [2.24, 2.45) is 5.92 Å². The summed E-state index contributed by atoms with van der Waals surface area (Å²) in [7, 11) is 0. The number of hydrogen-bond acceptors (Lipinski definition) is 3. The molecule has 0 saturated heterocycles. The first-order chi connectivity index (χ1) is 8.63. The topological polar surface area (TPSA) is 50.4 Å². The smallest absolute Gasteiger partial charge is 0.408 e. The summed E-state index contributed by atoms with van der Waals surface area (Å²) in [6, 6.07) is 0.583. The van der Waals surface area contributed by atoms with E-state index in [-0.39, 0.29) is 11.6 Å². The average Bonchev–Trinajstić information content (AvgIpc) is 2.98. The number of hydrogen-bond donors (Lipinski definition) is 2. The molecular formula is C15H30N2O2. The zero-order valence-corrected chi connectivity index (χ0v) is 13.3. The Morgan fingerprint density at radius 2 is 1.84 bits per heavy atom. The first-order valence-corrected chi connectivity index (χ1v) is 7.37. The zero-order chi connectivity index (χ0) is 14.7. The van der Waals surface area contributed by atoms with Gasteiger partial charge in [0.05, 0.1) is 5.54 Å². The maximum absolute atomic E-state index is 11.8. The summed E-state index contributed by atoms with van der Waals surface area (Å²) >= 11 is 0. The van der Waals surface area contributed by atoms with Gasteiger partial charge in [0.2, 0.25) is 0 Å². The number of rotatable bonds is 6. The van der Waals surface area contributed by atoms with Crippen LogP contribution in [0.3, 0.4) is 0 Å². The number of ether oxygens (including phenoxy) is 1. The summed E-state index contributed by atoms with van der Waals surface area (Å²) in [6.45, 7) is 12.6. The summed E-state index contributed by atoms with van der Waals surface area (Å²) in [5, 5.41) is 6.50. The molecule has 1 fully saturated rings. The fourth-order valence-corrected chi connectivity index (χ4v) is 2.15. The lowest BCUT2D eigenvalue weighted by Crippen LogP contribution is -2.53. The van der Waals surface area contributed by atoms with Crippen LogP contribution in [0.1, 0.15) is 60.8 Å². The van der Waals surface area contributed by atoms with Gasteiger partial charge in [-0.15, -0.1) is 0 Å². The third-order valence-electron chi connectivity index (χ3n) is 3.28. The number of alkyl carbamates (subject to hydrolysis) is 1. The largest absolute Gasteiger partial charge is 0.444 e. The fraction of sp³-hybridized carbons (Fsp3) is 0.933. The van der Waals surface area contributed by atoms with Gasteiger partial charge >= 0.3 is 6.09 Å². The van der Waals surface area contributed by atoms with Crippen molar-refractivity contribution in [2.75, 3.05) is 6.54 Å². The van der Waals surface area contributed by atoms with Gasteiger partial charge in [-0.05, 0) is 59.8 Å². The molecular weight excluding hydrogens is 240 g/mol. The third kappa shape index (κ3) is 6.81. The third-order valence-corrected chi connectivity index (χ3v) is 3.28. The molecule has 1 aliphatic rings. The maximum Gasteiger partial charge on any atom is 0.408 e. The monoisotopic (exact) mass is 270 g/mol. The van der Waals surface area contributed by atoms with Crippen LogP contribution in [0.2, 0.25) is 0 Å². The lowest BCUT2D eigenvalue weighted by atomic mass is 10.0. The van der Waals surface area contributed by atoms with Gasteiger partial charge in [0.15, 0.2) is 0 Å². The van der Waals surface area contributed by atoms with Crippen molar-refractivity contribution < 1.29 is 9.53 Å². The predicted octanol–water partition coefficient (Wildman–Crippen LogP) is 3.07. The van der Waals surface area contributed by atoms with Gasteiger partial charge in [0.1, 0.15) is 5.60 Å². The molecule has 0 aromatic rings. The lowest BCUT2D eigenvalue weighted by Gasteiger charge is -2.30. The first-order valence-electron chi connectivity index (χ1n) is 7.37. The molecule has 2 N–H and O–H groups in total.